The number of methoxy groups -OCH3 is 1. The molecule has 1 saturated heterocycles. The summed E-state index contributed by atoms with van der Waals surface area (Å²) in [5.74, 6) is 3.22. The van der Waals surface area contributed by atoms with Crippen LogP contribution in [-0.4, -0.2) is 47.0 Å². The molecule has 2 rings (SSSR count). The summed E-state index contributed by atoms with van der Waals surface area (Å²) < 4.78 is 5.37. The summed E-state index contributed by atoms with van der Waals surface area (Å²) in [6.07, 6.45) is 0.812. The number of ether oxygens (including phenoxy) is 1. The van der Waals surface area contributed by atoms with Gasteiger partial charge in [0.05, 0.1) is 7.11 Å². The molecule has 1 aromatic rings. The van der Waals surface area contributed by atoms with E-state index in [2.05, 4.69) is 18.0 Å². The number of hydrogen-bond donors (Lipinski definition) is 0. The first-order valence-electron chi connectivity index (χ1n) is 8.89. The third kappa shape index (κ3) is 6.94. The fraction of sp³-hybridized carbons (Fsp3) is 0.579. The lowest BCUT2D eigenvalue weighted by Gasteiger charge is -2.31. The van der Waals surface area contributed by atoms with E-state index < -0.39 is 0 Å². The molecule has 0 N–H and O–H groups in total. The molecule has 4 nitrogen and oxygen atoms in total. The predicted octanol–water partition coefficient (Wildman–Crippen LogP) is 5.18. The highest BCUT2D eigenvalue weighted by atomic mass is 32.2. The van der Waals surface area contributed by atoms with Crippen molar-refractivity contribution in [2.75, 3.05) is 31.7 Å². The standard InChI is InChI=1S/C17H24N2O2S2.C2H6/c1-4-22-17(20)19-11-13(2)12-23-16(19)18-10-9-14-7-5-6-8-15(14)21-3;1-2/h5-8,13H,4,9-12H2,1-3H3;1-2H3. The second-order valence-corrected chi connectivity index (χ2v) is 7.65. The van der Waals surface area contributed by atoms with Crippen LogP contribution in [0.25, 0.3) is 0 Å². The smallest absolute Gasteiger partial charge is 0.287 e. The molecule has 1 aliphatic rings. The van der Waals surface area contributed by atoms with E-state index in [0.29, 0.717) is 12.5 Å². The Bertz CT molecular complexity index is 564. The number of rotatable bonds is 5. The Kier molecular flexibility index (Phi) is 10.7. The molecule has 1 fully saturated rings. The summed E-state index contributed by atoms with van der Waals surface area (Å²) in [5.41, 5.74) is 1.15. The molecule has 1 aromatic carbocycles. The minimum absolute atomic E-state index is 0.114. The Morgan fingerprint density at radius 2 is 2.12 bits per heavy atom. The molecule has 1 heterocycles. The van der Waals surface area contributed by atoms with Crippen molar-refractivity contribution in [2.45, 2.75) is 34.1 Å². The SMILES string of the molecule is CC.CCSC(=O)N1CC(C)CSC1=NCCc1ccccc1OC. The summed E-state index contributed by atoms with van der Waals surface area (Å²) in [5, 5.41) is 0.978. The van der Waals surface area contributed by atoms with E-state index in [1.165, 1.54) is 11.8 Å². The highest BCUT2D eigenvalue weighted by molar-refractivity contribution is 8.15. The van der Waals surface area contributed by atoms with Crippen molar-refractivity contribution < 1.29 is 9.53 Å². The third-order valence-corrected chi connectivity index (χ3v) is 5.63. The average Bonchev–Trinajstić information content (AvgIpc) is 2.65. The number of thioether (sulfide) groups is 2. The maximum atomic E-state index is 12.3. The second-order valence-electron chi connectivity index (χ2n) is 5.45. The van der Waals surface area contributed by atoms with Gasteiger partial charge in [-0.25, -0.2) is 0 Å². The Morgan fingerprint density at radius 1 is 1.40 bits per heavy atom. The molecule has 0 saturated carbocycles. The summed E-state index contributed by atoms with van der Waals surface area (Å²) >= 11 is 3.04. The fourth-order valence-electron chi connectivity index (χ4n) is 2.40. The summed E-state index contributed by atoms with van der Waals surface area (Å²) in [4.78, 5) is 18.8. The summed E-state index contributed by atoms with van der Waals surface area (Å²) in [6.45, 7) is 9.61. The molecule has 0 aliphatic carbocycles. The van der Waals surface area contributed by atoms with Crippen LogP contribution in [0.1, 0.15) is 33.3 Å². The van der Waals surface area contributed by atoms with Crippen LogP contribution >= 0.6 is 23.5 Å². The predicted molar refractivity (Wildman–Crippen MR) is 112 cm³/mol. The van der Waals surface area contributed by atoms with Crippen molar-refractivity contribution >= 4 is 33.9 Å². The topological polar surface area (TPSA) is 41.9 Å². The van der Waals surface area contributed by atoms with E-state index in [0.717, 1.165) is 41.0 Å². The molecule has 1 atom stereocenters. The van der Waals surface area contributed by atoms with Crippen molar-refractivity contribution in [2.24, 2.45) is 10.9 Å². The third-order valence-electron chi connectivity index (χ3n) is 3.53. The Morgan fingerprint density at radius 3 is 2.80 bits per heavy atom. The summed E-state index contributed by atoms with van der Waals surface area (Å²) in [6, 6.07) is 8.00. The van der Waals surface area contributed by atoms with Crippen LogP contribution in [0.15, 0.2) is 29.3 Å². The van der Waals surface area contributed by atoms with Crippen LogP contribution < -0.4 is 4.74 Å². The van der Waals surface area contributed by atoms with Gasteiger partial charge in [0, 0.05) is 18.8 Å². The fourth-order valence-corrected chi connectivity index (χ4v) is 4.06. The average molecular weight is 383 g/mol. The molecular formula is C19H30N2O2S2. The van der Waals surface area contributed by atoms with E-state index in [-0.39, 0.29) is 5.24 Å². The lowest BCUT2D eigenvalue weighted by atomic mass is 10.1. The van der Waals surface area contributed by atoms with Crippen LogP contribution in [0.2, 0.25) is 0 Å². The van der Waals surface area contributed by atoms with Crippen LogP contribution in [0, 0.1) is 5.92 Å². The molecule has 0 radical (unpaired) electrons. The van der Waals surface area contributed by atoms with Gasteiger partial charge >= 0.3 is 0 Å². The van der Waals surface area contributed by atoms with Crippen molar-refractivity contribution in [3.05, 3.63) is 29.8 Å². The first-order valence-corrected chi connectivity index (χ1v) is 10.9. The van der Waals surface area contributed by atoms with Gasteiger partial charge in [-0.05, 0) is 29.7 Å². The largest absolute Gasteiger partial charge is 0.496 e. The van der Waals surface area contributed by atoms with Gasteiger partial charge in [0.1, 0.15) is 5.75 Å². The number of aliphatic imine (C=N–C) groups is 1. The Labute approximate surface area is 160 Å². The van der Waals surface area contributed by atoms with Crippen LogP contribution in [0.5, 0.6) is 5.75 Å². The van der Waals surface area contributed by atoms with Crippen LogP contribution in [-0.2, 0) is 6.42 Å². The lowest BCUT2D eigenvalue weighted by Crippen LogP contribution is -2.41. The van der Waals surface area contributed by atoms with Gasteiger partial charge in [-0.15, -0.1) is 0 Å². The van der Waals surface area contributed by atoms with Gasteiger partial charge in [0.25, 0.3) is 5.24 Å². The summed E-state index contributed by atoms with van der Waals surface area (Å²) in [7, 11) is 1.69. The van der Waals surface area contributed by atoms with E-state index >= 15 is 0 Å². The number of amides is 1. The van der Waals surface area contributed by atoms with Gasteiger partial charge in [-0.1, -0.05) is 69.4 Å². The molecule has 1 aliphatic heterocycles. The minimum Gasteiger partial charge on any atom is -0.496 e. The molecule has 1 unspecified atom stereocenters. The van der Waals surface area contributed by atoms with Crippen LogP contribution in [0.4, 0.5) is 4.79 Å². The molecule has 1 amide bonds. The van der Waals surface area contributed by atoms with Gasteiger partial charge in [-0.2, -0.15) is 0 Å². The van der Waals surface area contributed by atoms with E-state index in [1.54, 1.807) is 18.9 Å². The van der Waals surface area contributed by atoms with E-state index in [4.69, 9.17) is 4.74 Å². The number of benzene rings is 1. The number of hydrogen-bond acceptors (Lipinski definition) is 5. The lowest BCUT2D eigenvalue weighted by molar-refractivity contribution is 0.240. The molecule has 6 heteroatoms. The maximum absolute atomic E-state index is 12.3. The van der Waals surface area contributed by atoms with Gasteiger partial charge < -0.3 is 4.74 Å². The normalized spacial score (nSPS) is 18.5. The van der Waals surface area contributed by atoms with E-state index in [9.17, 15) is 4.79 Å². The molecule has 0 bridgehead atoms. The van der Waals surface area contributed by atoms with Gasteiger partial charge in [0.15, 0.2) is 5.17 Å². The minimum atomic E-state index is 0.114. The number of para-hydroxylation sites is 1. The molecule has 140 valence electrons. The van der Waals surface area contributed by atoms with Gasteiger partial charge in [0.2, 0.25) is 0 Å². The number of carbonyl (C=O) groups excluding carboxylic acids is 1. The van der Waals surface area contributed by atoms with Crippen molar-refractivity contribution in [1.82, 2.24) is 4.90 Å². The number of amidine groups is 1. The maximum Gasteiger partial charge on any atom is 0.287 e. The first kappa shape index (κ1) is 21.9. The number of carbonyl (C=O) groups is 1. The van der Waals surface area contributed by atoms with Crippen molar-refractivity contribution in [1.29, 1.82) is 0 Å². The van der Waals surface area contributed by atoms with Gasteiger partial charge in [-0.3, -0.25) is 14.7 Å². The highest BCUT2D eigenvalue weighted by Gasteiger charge is 2.27. The molecular weight excluding hydrogens is 352 g/mol. The van der Waals surface area contributed by atoms with E-state index in [1.807, 2.05) is 43.9 Å². The zero-order valence-electron chi connectivity index (χ0n) is 15.9. The zero-order chi connectivity index (χ0) is 18.7. The Balaban J connectivity index is 0.00000151. The first-order chi connectivity index (χ1) is 12.2. The Hall–Kier alpha value is -1.14. The van der Waals surface area contributed by atoms with Crippen LogP contribution in [0.3, 0.4) is 0 Å². The van der Waals surface area contributed by atoms with Crippen molar-refractivity contribution in [3.8, 4) is 5.75 Å². The zero-order valence-corrected chi connectivity index (χ0v) is 17.6. The molecule has 0 spiro atoms. The quantitative estimate of drug-likeness (QED) is 0.704. The van der Waals surface area contributed by atoms with Crippen molar-refractivity contribution in [3.63, 3.8) is 0 Å². The second kappa shape index (κ2) is 12.3. The number of nitrogens with zero attached hydrogens (tertiary/aromatic N) is 2. The monoisotopic (exact) mass is 382 g/mol. The highest BCUT2D eigenvalue weighted by Crippen LogP contribution is 2.25. The molecule has 0 aromatic heterocycles. The molecule has 25 heavy (non-hydrogen) atoms.